The van der Waals surface area contributed by atoms with Gasteiger partial charge in [0.1, 0.15) is 16.9 Å². The maximum absolute atomic E-state index is 12.4. The van der Waals surface area contributed by atoms with Crippen molar-refractivity contribution in [2.45, 2.75) is 18.0 Å². The number of sulfonamides is 1. The van der Waals surface area contributed by atoms with Gasteiger partial charge < -0.3 is 15.0 Å². The highest BCUT2D eigenvalue weighted by Gasteiger charge is 2.22. The summed E-state index contributed by atoms with van der Waals surface area (Å²) in [6.07, 6.45) is 1.36. The lowest BCUT2D eigenvalue weighted by Gasteiger charge is -2.14. The zero-order valence-electron chi connectivity index (χ0n) is 11.2. The van der Waals surface area contributed by atoms with Gasteiger partial charge in [-0.1, -0.05) is 16.8 Å². The lowest BCUT2D eigenvalue weighted by molar-refractivity contribution is 0.397. The van der Waals surface area contributed by atoms with Crippen LogP contribution in [0.4, 0.5) is 0 Å². The molecule has 0 spiro atoms. The van der Waals surface area contributed by atoms with Gasteiger partial charge in [0.25, 0.3) is 0 Å². The van der Waals surface area contributed by atoms with Gasteiger partial charge in [0, 0.05) is 23.2 Å². The van der Waals surface area contributed by atoms with Crippen LogP contribution in [0.3, 0.4) is 0 Å². The van der Waals surface area contributed by atoms with Crippen molar-refractivity contribution in [3.8, 4) is 5.75 Å². The molecule has 1 heterocycles. The van der Waals surface area contributed by atoms with E-state index in [4.69, 9.17) is 22.1 Å². The van der Waals surface area contributed by atoms with Crippen molar-refractivity contribution in [2.75, 3.05) is 7.11 Å². The lowest BCUT2D eigenvalue weighted by Crippen LogP contribution is -2.24. The van der Waals surface area contributed by atoms with Crippen molar-refractivity contribution < 1.29 is 17.7 Å². The van der Waals surface area contributed by atoms with Gasteiger partial charge in [-0.25, -0.2) is 13.1 Å². The highest BCUT2D eigenvalue weighted by atomic mass is 35.5. The summed E-state index contributed by atoms with van der Waals surface area (Å²) in [5.74, 6) is 0.176. The van der Waals surface area contributed by atoms with Gasteiger partial charge in [0.05, 0.1) is 19.3 Å². The summed E-state index contributed by atoms with van der Waals surface area (Å²) in [6.45, 7) is 0.0992. The Hall–Kier alpha value is -1.61. The number of methoxy groups -OCH3 is 1. The number of aromatic nitrogens is 1. The molecule has 0 saturated carbocycles. The minimum atomic E-state index is -3.83. The topological polar surface area (TPSA) is 107 Å². The van der Waals surface area contributed by atoms with E-state index in [2.05, 4.69) is 14.4 Å². The Morgan fingerprint density at radius 2 is 2.24 bits per heavy atom. The maximum Gasteiger partial charge on any atom is 0.244 e. The summed E-state index contributed by atoms with van der Waals surface area (Å²) >= 11 is 5.93. The number of benzene rings is 1. The van der Waals surface area contributed by atoms with Crippen molar-refractivity contribution in [3.63, 3.8) is 0 Å². The van der Waals surface area contributed by atoms with Crippen molar-refractivity contribution in [1.29, 1.82) is 0 Å². The van der Waals surface area contributed by atoms with Crippen molar-refractivity contribution >= 4 is 21.6 Å². The third-order valence-electron chi connectivity index (χ3n) is 2.74. The number of hydrogen-bond acceptors (Lipinski definition) is 6. The van der Waals surface area contributed by atoms with E-state index in [-0.39, 0.29) is 28.8 Å². The van der Waals surface area contributed by atoms with E-state index in [0.29, 0.717) is 11.3 Å². The molecular weight excluding hydrogens is 318 g/mol. The molecular formula is C12H14ClN3O4S. The monoisotopic (exact) mass is 331 g/mol. The summed E-state index contributed by atoms with van der Waals surface area (Å²) in [7, 11) is -2.46. The number of nitrogens with two attached hydrogens (primary N) is 1. The molecule has 0 bridgehead atoms. The largest absolute Gasteiger partial charge is 0.495 e. The number of nitrogens with zero attached hydrogens (tertiary/aromatic N) is 1. The molecule has 0 aliphatic carbocycles. The lowest BCUT2D eigenvalue weighted by atomic mass is 10.2. The molecule has 21 heavy (non-hydrogen) atoms. The zero-order valence-corrected chi connectivity index (χ0v) is 12.7. The molecule has 0 fully saturated rings. The Labute approximate surface area is 127 Å². The molecule has 0 amide bonds. The van der Waals surface area contributed by atoms with Crippen LogP contribution < -0.4 is 15.2 Å². The number of hydrogen-bond donors (Lipinski definition) is 2. The van der Waals surface area contributed by atoms with Crippen LogP contribution in [0.1, 0.15) is 11.3 Å². The molecule has 1 aromatic carbocycles. The Kier molecular flexibility index (Phi) is 4.84. The van der Waals surface area contributed by atoms with Crippen LogP contribution in [0, 0.1) is 0 Å². The van der Waals surface area contributed by atoms with Gasteiger partial charge in [-0.05, 0) is 12.1 Å². The minimum absolute atomic E-state index is 0.00748. The first-order valence-electron chi connectivity index (χ1n) is 5.93. The summed E-state index contributed by atoms with van der Waals surface area (Å²) in [5.41, 5.74) is 6.55. The van der Waals surface area contributed by atoms with E-state index in [0.717, 1.165) is 0 Å². The van der Waals surface area contributed by atoms with Crippen LogP contribution in [0.15, 0.2) is 33.9 Å². The van der Waals surface area contributed by atoms with Gasteiger partial charge in [-0.2, -0.15) is 0 Å². The quantitative estimate of drug-likeness (QED) is 0.825. The van der Waals surface area contributed by atoms with Crippen molar-refractivity contribution in [1.82, 2.24) is 9.88 Å². The fourth-order valence-corrected chi connectivity index (χ4v) is 3.32. The molecule has 2 rings (SSSR count). The maximum atomic E-state index is 12.4. The van der Waals surface area contributed by atoms with Crippen LogP contribution in [0.25, 0.3) is 0 Å². The van der Waals surface area contributed by atoms with Gasteiger partial charge in [0.2, 0.25) is 10.0 Å². The second-order valence-electron chi connectivity index (χ2n) is 4.12. The number of halogens is 1. The summed E-state index contributed by atoms with van der Waals surface area (Å²) in [6, 6.07) is 4.44. The predicted octanol–water partition coefficient (Wildman–Crippen LogP) is 1.27. The second-order valence-corrected chi connectivity index (χ2v) is 6.29. The van der Waals surface area contributed by atoms with Crippen molar-refractivity contribution in [2.24, 2.45) is 5.73 Å². The summed E-state index contributed by atoms with van der Waals surface area (Å²) in [4.78, 5) is -0.0681. The SMILES string of the molecule is COc1c(CN)cc(Cl)cc1S(=O)(=O)NCc1ccon1. The summed E-state index contributed by atoms with van der Waals surface area (Å²) in [5, 5.41) is 3.89. The molecule has 1 aromatic heterocycles. The Morgan fingerprint density at radius 1 is 1.48 bits per heavy atom. The zero-order chi connectivity index (χ0) is 15.5. The highest BCUT2D eigenvalue weighted by Crippen LogP contribution is 2.31. The highest BCUT2D eigenvalue weighted by molar-refractivity contribution is 7.89. The van der Waals surface area contributed by atoms with E-state index in [1.807, 2.05) is 0 Å². The van der Waals surface area contributed by atoms with Crippen LogP contribution in [-0.4, -0.2) is 20.7 Å². The Balaban J connectivity index is 2.36. The van der Waals surface area contributed by atoms with E-state index in [1.54, 1.807) is 12.1 Å². The first-order valence-corrected chi connectivity index (χ1v) is 7.79. The summed E-state index contributed by atoms with van der Waals surface area (Å²) < 4.78 is 37.0. The Morgan fingerprint density at radius 3 is 2.81 bits per heavy atom. The van der Waals surface area contributed by atoms with E-state index in [1.165, 1.54) is 19.4 Å². The normalized spacial score (nSPS) is 11.6. The van der Waals surface area contributed by atoms with Crippen LogP contribution in [0.2, 0.25) is 5.02 Å². The molecule has 0 aliphatic heterocycles. The van der Waals surface area contributed by atoms with Gasteiger partial charge in [-0.15, -0.1) is 0 Å². The third kappa shape index (κ3) is 3.53. The van der Waals surface area contributed by atoms with Crippen LogP contribution >= 0.6 is 11.6 Å². The van der Waals surface area contributed by atoms with Gasteiger partial charge in [-0.3, -0.25) is 0 Å². The first kappa shape index (κ1) is 15.8. The molecule has 7 nitrogen and oxygen atoms in total. The first-order chi connectivity index (χ1) is 9.97. The van der Waals surface area contributed by atoms with Crippen LogP contribution in [-0.2, 0) is 23.1 Å². The van der Waals surface area contributed by atoms with Gasteiger partial charge in [0.15, 0.2) is 0 Å². The minimum Gasteiger partial charge on any atom is -0.495 e. The number of rotatable bonds is 6. The Bertz CT molecular complexity index is 716. The standard InChI is InChI=1S/C12H14ClN3O4S/c1-19-12-8(6-14)4-9(13)5-11(12)21(17,18)15-7-10-2-3-20-16-10/h2-5,15H,6-7,14H2,1H3. The molecule has 0 atom stereocenters. The second kappa shape index (κ2) is 6.44. The molecule has 0 unspecified atom stereocenters. The average Bonchev–Trinajstić information content (AvgIpc) is 2.97. The fraction of sp³-hybridized carbons (Fsp3) is 0.250. The third-order valence-corrected chi connectivity index (χ3v) is 4.37. The number of ether oxygens (including phenoxy) is 1. The smallest absolute Gasteiger partial charge is 0.244 e. The molecule has 3 N–H and O–H groups in total. The van der Waals surface area contributed by atoms with E-state index >= 15 is 0 Å². The average molecular weight is 332 g/mol. The van der Waals surface area contributed by atoms with Crippen LogP contribution in [0.5, 0.6) is 5.75 Å². The molecule has 0 radical (unpaired) electrons. The van der Waals surface area contributed by atoms with Crippen molar-refractivity contribution in [3.05, 3.63) is 40.7 Å². The molecule has 9 heteroatoms. The molecule has 2 aromatic rings. The number of nitrogens with one attached hydrogen (secondary N) is 1. The molecule has 0 saturated heterocycles. The van der Waals surface area contributed by atoms with E-state index in [9.17, 15) is 8.42 Å². The fourth-order valence-electron chi connectivity index (χ4n) is 1.78. The predicted molar refractivity (Wildman–Crippen MR) is 76.4 cm³/mol. The van der Waals surface area contributed by atoms with E-state index < -0.39 is 10.0 Å². The molecule has 114 valence electrons. The molecule has 0 aliphatic rings. The van der Waals surface area contributed by atoms with Gasteiger partial charge >= 0.3 is 0 Å².